The standard InChI is InChI=1S/C10H18N4O2/c1-2-13-9(15)4-7-12-8-10(16)14-6-3-5-11/h12H,2-4,6-8H2,1H3,(H,13,15)(H,14,16). The average Bonchev–Trinajstić information content (AvgIpc) is 2.25. The summed E-state index contributed by atoms with van der Waals surface area (Å²) in [5.41, 5.74) is 0. The van der Waals surface area contributed by atoms with E-state index in [4.69, 9.17) is 5.26 Å². The highest BCUT2D eigenvalue weighted by molar-refractivity contribution is 5.78. The summed E-state index contributed by atoms with van der Waals surface area (Å²) in [6, 6.07) is 1.93. The van der Waals surface area contributed by atoms with Gasteiger partial charge in [-0.25, -0.2) is 0 Å². The van der Waals surface area contributed by atoms with Gasteiger partial charge in [0.15, 0.2) is 0 Å². The molecular formula is C10H18N4O2. The first kappa shape index (κ1) is 14.4. The summed E-state index contributed by atoms with van der Waals surface area (Å²) in [6.07, 6.45) is 0.671. The lowest BCUT2D eigenvalue weighted by Gasteiger charge is -2.05. The Hall–Kier alpha value is -1.61. The third-order valence-corrected chi connectivity index (χ3v) is 1.75. The summed E-state index contributed by atoms with van der Waals surface area (Å²) in [6.45, 7) is 3.48. The van der Waals surface area contributed by atoms with Gasteiger partial charge >= 0.3 is 0 Å². The van der Waals surface area contributed by atoms with Crippen LogP contribution in [0.25, 0.3) is 0 Å². The Morgan fingerprint density at radius 2 is 1.94 bits per heavy atom. The predicted molar refractivity (Wildman–Crippen MR) is 59.4 cm³/mol. The van der Waals surface area contributed by atoms with Crippen LogP contribution in [0.15, 0.2) is 0 Å². The van der Waals surface area contributed by atoms with Crippen molar-refractivity contribution in [2.45, 2.75) is 19.8 Å². The minimum atomic E-state index is -0.161. The Morgan fingerprint density at radius 3 is 2.56 bits per heavy atom. The maximum absolute atomic E-state index is 11.1. The molecule has 2 amide bonds. The van der Waals surface area contributed by atoms with E-state index in [0.29, 0.717) is 32.5 Å². The second-order valence-corrected chi connectivity index (χ2v) is 3.14. The van der Waals surface area contributed by atoms with Crippen LogP contribution in [0.4, 0.5) is 0 Å². The third kappa shape index (κ3) is 8.97. The molecule has 0 radical (unpaired) electrons. The fourth-order valence-electron chi connectivity index (χ4n) is 1.01. The molecule has 16 heavy (non-hydrogen) atoms. The largest absolute Gasteiger partial charge is 0.356 e. The van der Waals surface area contributed by atoms with Crippen molar-refractivity contribution in [2.75, 3.05) is 26.2 Å². The fraction of sp³-hybridized carbons (Fsp3) is 0.700. The van der Waals surface area contributed by atoms with E-state index in [-0.39, 0.29) is 18.4 Å². The number of nitrogens with one attached hydrogen (secondary N) is 3. The molecule has 0 fully saturated rings. The molecule has 6 nitrogen and oxygen atoms in total. The zero-order chi connectivity index (χ0) is 12.2. The topological polar surface area (TPSA) is 94.0 Å². The predicted octanol–water partition coefficient (Wildman–Crippen LogP) is -0.868. The summed E-state index contributed by atoms with van der Waals surface area (Å²) < 4.78 is 0. The van der Waals surface area contributed by atoms with Crippen LogP contribution in [0, 0.1) is 11.3 Å². The summed E-state index contributed by atoms with van der Waals surface area (Å²) in [4.78, 5) is 22.1. The number of nitriles is 1. The molecule has 90 valence electrons. The normalized spacial score (nSPS) is 9.25. The molecule has 0 aliphatic rings. The highest BCUT2D eigenvalue weighted by Gasteiger charge is 2.01. The van der Waals surface area contributed by atoms with E-state index in [2.05, 4.69) is 16.0 Å². The number of rotatable bonds is 8. The monoisotopic (exact) mass is 226 g/mol. The molecule has 0 unspecified atom stereocenters. The lowest BCUT2D eigenvalue weighted by atomic mass is 10.4. The molecular weight excluding hydrogens is 208 g/mol. The van der Waals surface area contributed by atoms with Crippen molar-refractivity contribution in [3.05, 3.63) is 0 Å². The molecule has 0 aromatic heterocycles. The second kappa shape index (κ2) is 9.93. The van der Waals surface area contributed by atoms with Crippen LogP contribution >= 0.6 is 0 Å². The lowest BCUT2D eigenvalue weighted by Crippen LogP contribution is -2.36. The van der Waals surface area contributed by atoms with Crippen LogP contribution in [0.2, 0.25) is 0 Å². The molecule has 0 spiro atoms. The average molecular weight is 226 g/mol. The maximum Gasteiger partial charge on any atom is 0.233 e. The highest BCUT2D eigenvalue weighted by Crippen LogP contribution is 1.77. The van der Waals surface area contributed by atoms with Crippen molar-refractivity contribution in [1.29, 1.82) is 5.26 Å². The summed E-state index contributed by atoms with van der Waals surface area (Å²) >= 11 is 0. The number of nitrogens with zero attached hydrogens (tertiary/aromatic N) is 1. The zero-order valence-corrected chi connectivity index (χ0v) is 9.51. The fourth-order valence-corrected chi connectivity index (χ4v) is 1.01. The quantitative estimate of drug-likeness (QED) is 0.469. The smallest absolute Gasteiger partial charge is 0.233 e. The van der Waals surface area contributed by atoms with Crippen LogP contribution in [0.1, 0.15) is 19.8 Å². The Morgan fingerprint density at radius 1 is 1.19 bits per heavy atom. The number of amides is 2. The Bertz CT molecular complexity index is 260. The number of hydrogen-bond donors (Lipinski definition) is 3. The van der Waals surface area contributed by atoms with Crippen molar-refractivity contribution in [3.8, 4) is 6.07 Å². The van der Waals surface area contributed by atoms with Crippen molar-refractivity contribution < 1.29 is 9.59 Å². The van der Waals surface area contributed by atoms with Gasteiger partial charge in [0.2, 0.25) is 11.8 Å². The molecule has 0 aromatic carbocycles. The van der Waals surface area contributed by atoms with Gasteiger partial charge in [0.1, 0.15) is 0 Å². The molecule has 0 aliphatic carbocycles. The van der Waals surface area contributed by atoms with Crippen molar-refractivity contribution in [1.82, 2.24) is 16.0 Å². The second-order valence-electron chi connectivity index (χ2n) is 3.14. The van der Waals surface area contributed by atoms with Gasteiger partial charge in [0.05, 0.1) is 19.0 Å². The van der Waals surface area contributed by atoms with Gasteiger partial charge < -0.3 is 16.0 Å². The van der Waals surface area contributed by atoms with E-state index in [1.807, 2.05) is 13.0 Å². The zero-order valence-electron chi connectivity index (χ0n) is 9.51. The van der Waals surface area contributed by atoms with Crippen LogP contribution in [0.3, 0.4) is 0 Å². The summed E-state index contributed by atoms with van der Waals surface area (Å²) in [5, 5.41) is 16.3. The van der Waals surface area contributed by atoms with Gasteiger partial charge in [-0.1, -0.05) is 0 Å². The van der Waals surface area contributed by atoms with E-state index >= 15 is 0 Å². The van der Waals surface area contributed by atoms with Crippen molar-refractivity contribution in [2.24, 2.45) is 0 Å². The molecule has 0 saturated carbocycles. The minimum absolute atomic E-state index is 0.0279. The van der Waals surface area contributed by atoms with Crippen LogP contribution in [-0.2, 0) is 9.59 Å². The van der Waals surface area contributed by atoms with Gasteiger partial charge in [-0.2, -0.15) is 5.26 Å². The Kier molecular flexibility index (Phi) is 8.93. The first-order chi connectivity index (χ1) is 7.70. The van der Waals surface area contributed by atoms with Gasteiger partial charge in [0.25, 0.3) is 0 Å². The summed E-state index contributed by atoms with van der Waals surface area (Å²) in [7, 11) is 0. The molecule has 0 rings (SSSR count). The molecule has 6 heteroatoms. The summed E-state index contributed by atoms with van der Waals surface area (Å²) in [5.74, 6) is -0.189. The minimum Gasteiger partial charge on any atom is -0.356 e. The van der Waals surface area contributed by atoms with Crippen LogP contribution in [0.5, 0.6) is 0 Å². The van der Waals surface area contributed by atoms with E-state index < -0.39 is 0 Å². The molecule has 0 bridgehead atoms. The van der Waals surface area contributed by atoms with Crippen molar-refractivity contribution >= 4 is 11.8 Å². The van der Waals surface area contributed by atoms with Gasteiger partial charge in [0, 0.05) is 26.1 Å². The van der Waals surface area contributed by atoms with Gasteiger partial charge in [-0.15, -0.1) is 0 Å². The first-order valence-corrected chi connectivity index (χ1v) is 5.31. The van der Waals surface area contributed by atoms with Gasteiger partial charge in [-0.3, -0.25) is 9.59 Å². The van der Waals surface area contributed by atoms with E-state index in [1.165, 1.54) is 0 Å². The lowest BCUT2D eigenvalue weighted by molar-refractivity contribution is -0.122. The molecule has 0 aromatic rings. The Balaban J connectivity index is 3.34. The molecule has 0 saturated heterocycles. The molecule has 0 heterocycles. The maximum atomic E-state index is 11.1. The molecule has 0 aliphatic heterocycles. The first-order valence-electron chi connectivity index (χ1n) is 5.31. The van der Waals surface area contributed by atoms with Crippen molar-refractivity contribution in [3.63, 3.8) is 0 Å². The van der Waals surface area contributed by atoms with Gasteiger partial charge in [-0.05, 0) is 6.92 Å². The van der Waals surface area contributed by atoms with E-state index in [9.17, 15) is 9.59 Å². The van der Waals surface area contributed by atoms with E-state index in [1.54, 1.807) is 0 Å². The van der Waals surface area contributed by atoms with Crippen LogP contribution < -0.4 is 16.0 Å². The third-order valence-electron chi connectivity index (χ3n) is 1.75. The number of hydrogen-bond acceptors (Lipinski definition) is 4. The molecule has 0 atom stereocenters. The molecule has 3 N–H and O–H groups in total. The Labute approximate surface area is 95.4 Å². The number of carbonyl (C=O) groups excluding carboxylic acids is 2. The van der Waals surface area contributed by atoms with Crippen LogP contribution in [-0.4, -0.2) is 38.0 Å². The van der Waals surface area contributed by atoms with E-state index in [0.717, 1.165) is 0 Å². The number of carbonyl (C=O) groups is 2. The highest BCUT2D eigenvalue weighted by atomic mass is 16.2. The SMILES string of the molecule is CCNC(=O)CCNCC(=O)NCCC#N.